The maximum Gasteiger partial charge on any atom is 0.274 e. The summed E-state index contributed by atoms with van der Waals surface area (Å²) in [7, 11) is 0. The number of nitrogens with zero attached hydrogens (tertiary/aromatic N) is 1. The minimum Gasteiger partial charge on any atom is -0.395 e. The summed E-state index contributed by atoms with van der Waals surface area (Å²) in [6.45, 7) is 4.49. The maximum absolute atomic E-state index is 12.2. The third-order valence-corrected chi connectivity index (χ3v) is 4.34. The second kappa shape index (κ2) is 4.25. The molecule has 0 bridgehead atoms. The van der Waals surface area contributed by atoms with E-state index in [-0.39, 0.29) is 11.9 Å². The molecule has 3 rings (SSSR count). The highest BCUT2D eigenvalue weighted by Crippen LogP contribution is 2.42. The number of aromatic amines is 1. The zero-order valence-corrected chi connectivity index (χ0v) is 11.6. The summed E-state index contributed by atoms with van der Waals surface area (Å²) in [6, 6.07) is 0.253. The van der Waals surface area contributed by atoms with E-state index in [4.69, 9.17) is 5.73 Å². The second-order valence-electron chi connectivity index (χ2n) is 6.75. The van der Waals surface area contributed by atoms with E-state index in [0.717, 1.165) is 37.8 Å². The Morgan fingerprint density at radius 2 is 2.16 bits per heavy atom. The van der Waals surface area contributed by atoms with Crippen molar-refractivity contribution in [1.82, 2.24) is 15.5 Å². The van der Waals surface area contributed by atoms with Gasteiger partial charge in [-0.1, -0.05) is 13.8 Å². The summed E-state index contributed by atoms with van der Waals surface area (Å²) in [4.78, 5) is 12.2. The van der Waals surface area contributed by atoms with Crippen LogP contribution in [0.2, 0.25) is 0 Å². The van der Waals surface area contributed by atoms with Crippen LogP contribution in [-0.2, 0) is 0 Å². The molecular weight excluding hydrogens is 240 g/mol. The number of nitrogens with one attached hydrogen (secondary N) is 2. The number of carbonyl (C=O) groups is 1. The molecule has 0 aromatic carbocycles. The average Bonchev–Trinajstić information content (AvgIpc) is 3.01. The predicted octanol–water partition coefficient (Wildman–Crippen LogP) is 2.18. The first-order valence-electron chi connectivity index (χ1n) is 7.11. The minimum atomic E-state index is -0.136. The minimum absolute atomic E-state index is 0.136. The van der Waals surface area contributed by atoms with Crippen LogP contribution in [0.15, 0.2) is 0 Å². The predicted molar refractivity (Wildman–Crippen MR) is 73.9 cm³/mol. The van der Waals surface area contributed by atoms with Crippen molar-refractivity contribution in [3.63, 3.8) is 0 Å². The Morgan fingerprint density at radius 1 is 1.42 bits per heavy atom. The molecule has 5 nitrogen and oxygen atoms in total. The highest BCUT2D eigenvalue weighted by Gasteiger charge is 2.34. The van der Waals surface area contributed by atoms with Crippen LogP contribution in [0.4, 0.5) is 5.69 Å². The fraction of sp³-hybridized carbons (Fsp3) is 0.714. The number of hydrogen-bond acceptors (Lipinski definition) is 3. The quantitative estimate of drug-likeness (QED) is 0.780. The molecule has 1 heterocycles. The Labute approximate surface area is 113 Å². The van der Waals surface area contributed by atoms with Crippen LogP contribution < -0.4 is 11.1 Å². The highest BCUT2D eigenvalue weighted by molar-refractivity contribution is 5.97. The molecule has 1 aromatic rings. The van der Waals surface area contributed by atoms with Crippen LogP contribution in [0.25, 0.3) is 0 Å². The van der Waals surface area contributed by atoms with Crippen LogP contribution in [-0.4, -0.2) is 22.1 Å². The fourth-order valence-electron chi connectivity index (χ4n) is 3.03. The molecule has 1 unspecified atom stereocenters. The molecule has 2 aliphatic rings. The number of amides is 1. The number of nitrogens with two attached hydrogens (primary N) is 1. The van der Waals surface area contributed by atoms with Gasteiger partial charge in [0.2, 0.25) is 0 Å². The Morgan fingerprint density at radius 3 is 2.74 bits per heavy atom. The zero-order chi connectivity index (χ0) is 13.6. The number of nitrogen functional groups attached to an aromatic ring is 1. The number of H-pyrrole nitrogens is 1. The van der Waals surface area contributed by atoms with Gasteiger partial charge >= 0.3 is 0 Å². The number of aromatic nitrogens is 2. The van der Waals surface area contributed by atoms with Gasteiger partial charge in [0, 0.05) is 12.0 Å². The summed E-state index contributed by atoms with van der Waals surface area (Å²) < 4.78 is 0. The van der Waals surface area contributed by atoms with Crippen LogP contribution >= 0.6 is 0 Å². The van der Waals surface area contributed by atoms with Crippen molar-refractivity contribution < 1.29 is 4.79 Å². The normalized spacial score (nSPS) is 25.5. The Bertz CT molecular complexity index is 502. The lowest BCUT2D eigenvalue weighted by Crippen LogP contribution is -2.34. The lowest BCUT2D eigenvalue weighted by atomic mass is 9.92. The van der Waals surface area contributed by atoms with Gasteiger partial charge in [0.15, 0.2) is 5.69 Å². The molecule has 2 aliphatic carbocycles. The average molecular weight is 262 g/mol. The monoisotopic (exact) mass is 262 g/mol. The van der Waals surface area contributed by atoms with Crippen LogP contribution in [0.5, 0.6) is 0 Å². The van der Waals surface area contributed by atoms with Crippen LogP contribution in [0.1, 0.15) is 68.1 Å². The van der Waals surface area contributed by atoms with Gasteiger partial charge in [-0.15, -0.1) is 0 Å². The van der Waals surface area contributed by atoms with Gasteiger partial charge in [0.25, 0.3) is 5.91 Å². The lowest BCUT2D eigenvalue weighted by molar-refractivity contribution is 0.0932. The third kappa shape index (κ3) is 2.46. The van der Waals surface area contributed by atoms with E-state index >= 15 is 0 Å². The van der Waals surface area contributed by atoms with Gasteiger partial charge in [-0.05, 0) is 37.5 Å². The largest absolute Gasteiger partial charge is 0.395 e. The smallest absolute Gasteiger partial charge is 0.274 e. The van der Waals surface area contributed by atoms with Gasteiger partial charge in [0.05, 0.1) is 11.4 Å². The number of hydrogen-bond donors (Lipinski definition) is 3. The third-order valence-electron chi connectivity index (χ3n) is 4.34. The molecule has 19 heavy (non-hydrogen) atoms. The summed E-state index contributed by atoms with van der Waals surface area (Å²) in [6.07, 6.45) is 5.51. The molecule has 1 atom stereocenters. The van der Waals surface area contributed by atoms with Crippen LogP contribution in [0, 0.1) is 5.41 Å². The van der Waals surface area contributed by atoms with E-state index < -0.39 is 0 Å². The van der Waals surface area contributed by atoms with Gasteiger partial charge in [-0.3, -0.25) is 9.89 Å². The van der Waals surface area contributed by atoms with E-state index in [1.807, 2.05) is 0 Å². The van der Waals surface area contributed by atoms with Crippen molar-refractivity contribution in [3.8, 4) is 0 Å². The SMILES string of the molecule is CC1(C)CCC(NC(=O)c2n[nH]c(C3CC3)c2N)C1. The molecule has 1 amide bonds. The standard InChI is InChI=1S/C14H22N4O/c1-14(2)6-5-9(7-14)16-13(19)12-10(15)11(17-18-12)8-3-4-8/h8-9H,3-7,15H2,1-2H3,(H,16,19)(H,17,18). The first-order chi connectivity index (χ1) is 8.96. The molecule has 0 saturated heterocycles. The van der Waals surface area contributed by atoms with Crippen molar-refractivity contribution in [3.05, 3.63) is 11.4 Å². The summed E-state index contributed by atoms with van der Waals surface area (Å²) in [5, 5.41) is 10.1. The Balaban J connectivity index is 1.67. The topological polar surface area (TPSA) is 83.8 Å². The van der Waals surface area contributed by atoms with Crippen molar-refractivity contribution in [2.24, 2.45) is 5.41 Å². The molecule has 104 valence electrons. The van der Waals surface area contributed by atoms with E-state index in [0.29, 0.717) is 22.7 Å². The van der Waals surface area contributed by atoms with E-state index in [2.05, 4.69) is 29.4 Å². The second-order valence-corrected chi connectivity index (χ2v) is 6.75. The van der Waals surface area contributed by atoms with Gasteiger partial charge in [-0.2, -0.15) is 5.10 Å². The number of rotatable bonds is 3. The van der Waals surface area contributed by atoms with E-state index in [1.165, 1.54) is 0 Å². The molecule has 4 N–H and O–H groups in total. The molecule has 5 heteroatoms. The molecule has 0 spiro atoms. The zero-order valence-electron chi connectivity index (χ0n) is 11.6. The molecular formula is C14H22N4O. The lowest BCUT2D eigenvalue weighted by Gasteiger charge is -2.17. The summed E-state index contributed by atoms with van der Waals surface area (Å²) in [5.74, 6) is 0.350. The molecule has 2 saturated carbocycles. The number of carbonyl (C=O) groups excluding carboxylic acids is 1. The van der Waals surface area contributed by atoms with Gasteiger partial charge < -0.3 is 11.1 Å². The van der Waals surface area contributed by atoms with Crippen molar-refractivity contribution in [2.75, 3.05) is 5.73 Å². The van der Waals surface area contributed by atoms with Crippen molar-refractivity contribution in [1.29, 1.82) is 0 Å². The Hall–Kier alpha value is -1.52. The van der Waals surface area contributed by atoms with E-state index in [9.17, 15) is 4.79 Å². The van der Waals surface area contributed by atoms with Gasteiger partial charge in [-0.25, -0.2) is 0 Å². The van der Waals surface area contributed by atoms with Crippen molar-refractivity contribution >= 4 is 11.6 Å². The summed E-state index contributed by atoms with van der Waals surface area (Å²) in [5.41, 5.74) is 8.19. The molecule has 0 radical (unpaired) electrons. The van der Waals surface area contributed by atoms with E-state index in [1.54, 1.807) is 0 Å². The molecule has 1 aromatic heterocycles. The maximum atomic E-state index is 12.2. The molecule has 0 aliphatic heterocycles. The first kappa shape index (κ1) is 12.5. The first-order valence-corrected chi connectivity index (χ1v) is 7.11. The van der Waals surface area contributed by atoms with Gasteiger partial charge in [0.1, 0.15) is 0 Å². The van der Waals surface area contributed by atoms with Crippen LogP contribution in [0.3, 0.4) is 0 Å². The Kier molecular flexibility index (Phi) is 2.80. The summed E-state index contributed by atoms with van der Waals surface area (Å²) >= 11 is 0. The molecule has 2 fully saturated rings. The fourth-order valence-corrected chi connectivity index (χ4v) is 3.03. The van der Waals surface area contributed by atoms with Crippen molar-refractivity contribution in [2.45, 2.75) is 57.9 Å². The highest BCUT2D eigenvalue weighted by atomic mass is 16.2. The number of anilines is 1.